The number of carbonyl (C=O) groups is 1. The maximum Gasteiger partial charge on any atom is 0.354 e. The lowest BCUT2D eigenvalue weighted by molar-refractivity contribution is 0.0587. The number of carbonyl (C=O) groups excluding carboxylic acids is 1. The van der Waals surface area contributed by atoms with E-state index in [0.29, 0.717) is 40.2 Å². The van der Waals surface area contributed by atoms with Crippen molar-refractivity contribution in [1.82, 2.24) is 24.1 Å². The minimum atomic E-state index is -0.428. The Hall–Kier alpha value is -3.96. The first-order valence-electron chi connectivity index (χ1n) is 16.1. The van der Waals surface area contributed by atoms with E-state index in [1.807, 2.05) is 72.2 Å². The molecule has 0 amide bonds. The highest BCUT2D eigenvalue weighted by Crippen LogP contribution is 2.43. The number of rotatable bonds is 12. The molecule has 6 rings (SSSR count). The Bertz CT molecular complexity index is 2200. The molecule has 6 aromatic rings. The molecule has 0 spiro atoms. The van der Waals surface area contributed by atoms with Crippen LogP contribution in [0.25, 0.3) is 32.8 Å². The Morgan fingerprint density at radius 1 is 0.959 bits per heavy atom. The maximum absolute atomic E-state index is 13.0. The van der Waals surface area contributed by atoms with Gasteiger partial charge in [-0.15, -0.1) is 11.8 Å². The highest BCUT2D eigenvalue weighted by Gasteiger charge is 2.27. The van der Waals surface area contributed by atoms with Crippen molar-refractivity contribution in [2.45, 2.75) is 51.2 Å². The van der Waals surface area contributed by atoms with Crippen molar-refractivity contribution < 1.29 is 19.7 Å². The third-order valence-electron chi connectivity index (χ3n) is 9.14. The molecule has 0 aliphatic rings. The number of halogens is 2. The highest BCUT2D eigenvalue weighted by atomic mass is 35.5. The molecule has 9 nitrogen and oxygen atoms in total. The SMILES string of the molecule is COC(=O)c1c(C)c2c(-c3c(CSCc4cc(CCc5cc(O)c6ccc(Cl)cc6c5)n(C)n4)nn(C)c3C)c(Cl)ccc2n1CCCO. The molecule has 3 heterocycles. The van der Waals surface area contributed by atoms with E-state index in [9.17, 15) is 15.0 Å². The number of aliphatic hydroxyl groups is 1. The molecule has 3 aromatic carbocycles. The molecule has 2 N–H and O–H groups in total. The number of hydrogen-bond donors (Lipinski definition) is 2. The molecule has 0 saturated carbocycles. The van der Waals surface area contributed by atoms with E-state index in [4.69, 9.17) is 38.1 Å². The van der Waals surface area contributed by atoms with Crippen LogP contribution in [-0.2, 0) is 49.7 Å². The molecule has 0 fully saturated rings. The number of phenols is 1. The normalized spacial score (nSPS) is 11.7. The molecule has 256 valence electrons. The molecule has 0 radical (unpaired) electrons. The fourth-order valence-corrected chi connectivity index (χ4v) is 7.99. The second-order valence-electron chi connectivity index (χ2n) is 12.3. The van der Waals surface area contributed by atoms with E-state index in [1.54, 1.807) is 17.8 Å². The van der Waals surface area contributed by atoms with Crippen molar-refractivity contribution in [3.8, 4) is 16.9 Å². The summed E-state index contributed by atoms with van der Waals surface area (Å²) < 4.78 is 10.9. The van der Waals surface area contributed by atoms with Crippen LogP contribution < -0.4 is 0 Å². The van der Waals surface area contributed by atoms with Gasteiger partial charge in [-0.3, -0.25) is 9.36 Å². The average molecular weight is 721 g/mol. The van der Waals surface area contributed by atoms with Gasteiger partial charge in [0, 0.05) is 87.6 Å². The summed E-state index contributed by atoms with van der Waals surface area (Å²) in [5, 5.41) is 33.6. The minimum absolute atomic E-state index is 0.00531. The van der Waals surface area contributed by atoms with Gasteiger partial charge in [-0.1, -0.05) is 29.3 Å². The van der Waals surface area contributed by atoms with Crippen molar-refractivity contribution in [1.29, 1.82) is 0 Å². The summed E-state index contributed by atoms with van der Waals surface area (Å²) in [4.78, 5) is 13.0. The summed E-state index contributed by atoms with van der Waals surface area (Å²) in [7, 11) is 5.26. The van der Waals surface area contributed by atoms with Crippen LogP contribution in [-0.4, -0.2) is 54.0 Å². The first kappa shape index (κ1) is 34.9. The van der Waals surface area contributed by atoms with Gasteiger partial charge in [0.25, 0.3) is 0 Å². The van der Waals surface area contributed by atoms with Gasteiger partial charge >= 0.3 is 5.97 Å². The third-order valence-corrected chi connectivity index (χ3v) is 10.7. The molecule has 0 saturated heterocycles. The zero-order valence-electron chi connectivity index (χ0n) is 28.2. The Morgan fingerprint density at radius 3 is 2.51 bits per heavy atom. The predicted molar refractivity (Wildman–Crippen MR) is 198 cm³/mol. The van der Waals surface area contributed by atoms with Gasteiger partial charge in [-0.05, 0) is 92.1 Å². The highest BCUT2D eigenvalue weighted by molar-refractivity contribution is 7.97. The van der Waals surface area contributed by atoms with Crippen LogP contribution >= 0.6 is 35.0 Å². The summed E-state index contributed by atoms with van der Waals surface area (Å²) >= 11 is 14.9. The molecular formula is C37H39Cl2N5O4S. The fourth-order valence-electron chi connectivity index (χ4n) is 6.71. The van der Waals surface area contributed by atoms with Gasteiger partial charge in [0.1, 0.15) is 11.4 Å². The Morgan fingerprint density at radius 2 is 1.76 bits per heavy atom. The maximum atomic E-state index is 13.0. The molecule has 0 aliphatic carbocycles. The number of aryl methyl sites for hydroxylation is 6. The second-order valence-corrected chi connectivity index (χ2v) is 14.1. The average Bonchev–Trinajstić information content (AvgIpc) is 3.67. The number of ether oxygens (including phenoxy) is 1. The number of hydrogen-bond acceptors (Lipinski definition) is 7. The Balaban J connectivity index is 1.23. The fraction of sp³-hybridized carbons (Fsp3) is 0.324. The van der Waals surface area contributed by atoms with E-state index in [-0.39, 0.29) is 12.4 Å². The number of thioether (sulfide) groups is 1. The minimum Gasteiger partial charge on any atom is -0.507 e. The quantitative estimate of drug-likeness (QED) is 0.124. The van der Waals surface area contributed by atoms with Crippen molar-refractivity contribution in [3.05, 3.63) is 98.2 Å². The molecule has 49 heavy (non-hydrogen) atoms. The zero-order valence-corrected chi connectivity index (χ0v) is 30.5. The van der Waals surface area contributed by atoms with Crippen LogP contribution in [0.1, 0.15) is 50.8 Å². The Kier molecular flexibility index (Phi) is 10.3. The van der Waals surface area contributed by atoms with Gasteiger partial charge in [0.15, 0.2) is 0 Å². The summed E-state index contributed by atoms with van der Waals surface area (Å²) in [6.07, 6.45) is 2.02. The van der Waals surface area contributed by atoms with Crippen LogP contribution in [0.3, 0.4) is 0 Å². The number of methoxy groups -OCH3 is 1. The summed E-state index contributed by atoms with van der Waals surface area (Å²) in [5.41, 5.74) is 8.87. The van der Waals surface area contributed by atoms with Crippen molar-refractivity contribution in [3.63, 3.8) is 0 Å². The number of phenolic OH excluding ortho intramolecular Hbond substituents is 1. The standard InChI is InChI=1S/C37H39Cl2N5O4S/c1-21-33-31(44(13-6-14-45)36(21)37(47)48-5)12-11-29(39)35(33)34-22(2)42(3)41-30(34)20-49-19-26-18-27(43(4)40-26)9-7-23-15-24-17-25(38)8-10-28(24)32(46)16-23/h8,10-12,15-18,45-46H,6-7,9,13-14,19-20H2,1-5H3. The van der Waals surface area contributed by atoms with Crippen molar-refractivity contribution in [2.75, 3.05) is 13.7 Å². The summed E-state index contributed by atoms with van der Waals surface area (Å²) in [6, 6.07) is 15.3. The predicted octanol–water partition coefficient (Wildman–Crippen LogP) is 7.95. The second kappa shape index (κ2) is 14.5. The molecule has 0 unspecified atom stereocenters. The Labute approximate surface area is 299 Å². The first-order valence-corrected chi connectivity index (χ1v) is 18.0. The van der Waals surface area contributed by atoms with Gasteiger partial charge in [-0.2, -0.15) is 10.2 Å². The van der Waals surface area contributed by atoms with Crippen LogP contribution in [0.15, 0.2) is 48.5 Å². The van der Waals surface area contributed by atoms with Gasteiger partial charge < -0.3 is 19.5 Å². The van der Waals surface area contributed by atoms with Crippen LogP contribution in [0.2, 0.25) is 10.0 Å². The summed E-state index contributed by atoms with van der Waals surface area (Å²) in [5.74, 6) is 1.15. The number of nitrogens with zero attached hydrogens (tertiary/aromatic N) is 5. The van der Waals surface area contributed by atoms with Gasteiger partial charge in [-0.25, -0.2) is 4.79 Å². The molecule has 12 heteroatoms. The molecule has 0 atom stereocenters. The smallest absolute Gasteiger partial charge is 0.354 e. The number of aromatic hydroxyl groups is 1. The lowest BCUT2D eigenvalue weighted by Crippen LogP contribution is -2.12. The molecular weight excluding hydrogens is 681 g/mol. The van der Waals surface area contributed by atoms with Crippen LogP contribution in [0.4, 0.5) is 0 Å². The number of esters is 1. The third kappa shape index (κ3) is 6.79. The van der Waals surface area contributed by atoms with Gasteiger partial charge in [0.2, 0.25) is 0 Å². The number of aliphatic hydroxyl groups excluding tert-OH is 1. The molecule has 0 aliphatic heterocycles. The zero-order chi connectivity index (χ0) is 35.0. The van der Waals surface area contributed by atoms with Crippen molar-refractivity contribution in [2.24, 2.45) is 14.1 Å². The number of benzene rings is 3. The topological polar surface area (TPSA) is 107 Å². The largest absolute Gasteiger partial charge is 0.507 e. The lowest BCUT2D eigenvalue weighted by Gasteiger charge is -2.11. The monoisotopic (exact) mass is 719 g/mol. The van der Waals surface area contributed by atoms with E-state index in [2.05, 4.69) is 12.1 Å². The number of aromatic nitrogens is 5. The molecule has 0 bridgehead atoms. The number of fused-ring (bicyclic) bond motifs is 2. The van der Waals surface area contributed by atoms with E-state index in [0.717, 1.165) is 79.5 Å². The van der Waals surface area contributed by atoms with Crippen molar-refractivity contribution >= 4 is 62.6 Å². The van der Waals surface area contributed by atoms with Crippen LogP contribution in [0, 0.1) is 13.8 Å². The van der Waals surface area contributed by atoms with Gasteiger partial charge in [0.05, 0.1) is 18.5 Å². The van der Waals surface area contributed by atoms with E-state index in [1.165, 1.54) is 7.11 Å². The lowest BCUT2D eigenvalue weighted by atomic mass is 9.97. The van der Waals surface area contributed by atoms with E-state index < -0.39 is 5.97 Å². The van der Waals surface area contributed by atoms with Crippen LogP contribution in [0.5, 0.6) is 5.75 Å². The first-order chi connectivity index (χ1) is 23.5. The van der Waals surface area contributed by atoms with E-state index >= 15 is 0 Å². The molecule has 3 aromatic heterocycles. The summed E-state index contributed by atoms with van der Waals surface area (Å²) in [6.45, 7) is 4.42.